The van der Waals surface area contributed by atoms with Crippen molar-refractivity contribution >= 4 is 38.8 Å². The van der Waals surface area contributed by atoms with Gasteiger partial charge >= 0.3 is 12.1 Å². The number of aromatic nitrogens is 1. The highest BCUT2D eigenvalue weighted by Gasteiger charge is 2.27. The van der Waals surface area contributed by atoms with Gasteiger partial charge < -0.3 is 14.2 Å². The van der Waals surface area contributed by atoms with Crippen LogP contribution in [0, 0.1) is 6.92 Å². The molecule has 3 aromatic rings. The van der Waals surface area contributed by atoms with Gasteiger partial charge in [0, 0.05) is 24.0 Å². The Balaban J connectivity index is 2.03. The number of rotatable bonds is 11. The summed E-state index contributed by atoms with van der Waals surface area (Å²) < 4.78 is 45.5. The zero-order valence-corrected chi connectivity index (χ0v) is 24.5. The van der Waals surface area contributed by atoms with Crippen molar-refractivity contribution in [2.24, 2.45) is 0 Å². The molecule has 0 aliphatic carbocycles. The van der Waals surface area contributed by atoms with E-state index in [0.717, 1.165) is 5.56 Å². The average molecular weight is 573 g/mol. The topological polar surface area (TPSA) is 130 Å². The number of aryl methyl sites for hydroxylation is 1. The number of benzene rings is 2. The predicted molar refractivity (Wildman–Crippen MR) is 150 cm³/mol. The highest BCUT2D eigenvalue weighted by molar-refractivity contribution is 7.89. The van der Waals surface area contributed by atoms with Gasteiger partial charge in [0.1, 0.15) is 23.6 Å². The third-order valence-corrected chi connectivity index (χ3v) is 7.65. The Morgan fingerprint density at radius 2 is 1.65 bits per heavy atom. The first-order chi connectivity index (χ1) is 18.8. The van der Waals surface area contributed by atoms with Crippen LogP contribution in [0.1, 0.15) is 50.4 Å². The smallest absolute Gasteiger partial charge is 0.419 e. The van der Waals surface area contributed by atoms with Crippen LogP contribution in [0.2, 0.25) is 0 Å². The highest BCUT2D eigenvalue weighted by atomic mass is 32.2. The van der Waals surface area contributed by atoms with Gasteiger partial charge in [-0.1, -0.05) is 17.7 Å². The fourth-order valence-corrected chi connectivity index (χ4v) is 5.29. The normalized spacial score (nSPS) is 11.8. The van der Waals surface area contributed by atoms with Crippen molar-refractivity contribution in [1.82, 2.24) is 9.29 Å². The highest BCUT2D eigenvalue weighted by Crippen LogP contribution is 2.32. The van der Waals surface area contributed by atoms with Crippen LogP contribution in [0.25, 0.3) is 10.9 Å². The van der Waals surface area contributed by atoms with Crippen LogP contribution in [-0.4, -0.2) is 57.2 Å². The van der Waals surface area contributed by atoms with E-state index >= 15 is 0 Å². The van der Waals surface area contributed by atoms with E-state index in [4.69, 9.17) is 9.47 Å². The molecule has 0 spiro atoms. The molecule has 11 heteroatoms. The molecule has 3 rings (SSSR count). The first-order valence-electron chi connectivity index (χ1n) is 12.8. The number of nitrogens with zero attached hydrogens (tertiary/aromatic N) is 1. The largest absolute Gasteiger partial charge is 0.497 e. The van der Waals surface area contributed by atoms with Crippen LogP contribution in [0.4, 0.5) is 4.79 Å². The Kier molecular flexibility index (Phi) is 9.75. The molecule has 0 radical (unpaired) electrons. The summed E-state index contributed by atoms with van der Waals surface area (Å²) in [4.78, 5) is 37.7. The molecule has 2 aromatic carbocycles. The lowest BCUT2D eigenvalue weighted by Crippen LogP contribution is -2.29. The van der Waals surface area contributed by atoms with E-state index in [9.17, 15) is 22.8 Å². The Bertz CT molecular complexity index is 1500. The summed E-state index contributed by atoms with van der Waals surface area (Å²) in [6.07, 6.45) is -0.725. The summed E-state index contributed by atoms with van der Waals surface area (Å²) in [5.41, 5.74) is 1.83. The number of methoxy groups -OCH3 is 2. The molecule has 0 aliphatic rings. The average Bonchev–Trinajstić information content (AvgIpc) is 3.19. The van der Waals surface area contributed by atoms with Gasteiger partial charge in [-0.3, -0.25) is 9.59 Å². The zero-order valence-electron chi connectivity index (χ0n) is 23.7. The van der Waals surface area contributed by atoms with E-state index in [2.05, 4.69) is 9.46 Å². The van der Waals surface area contributed by atoms with E-state index in [1.165, 1.54) is 30.9 Å². The number of ether oxygens (including phenoxy) is 3. The molecule has 1 heterocycles. The third-order valence-electron chi connectivity index (χ3n) is 6.17. The number of carbonyl (C=O) groups is 3. The van der Waals surface area contributed by atoms with Gasteiger partial charge in [-0.05, 0) is 76.4 Å². The Labute approximate surface area is 234 Å². The van der Waals surface area contributed by atoms with Crippen LogP contribution in [0.3, 0.4) is 0 Å². The molecule has 0 fully saturated rings. The Morgan fingerprint density at radius 3 is 2.25 bits per heavy atom. The van der Waals surface area contributed by atoms with Crippen LogP contribution in [0.5, 0.6) is 5.75 Å². The van der Waals surface area contributed by atoms with Crippen LogP contribution < -0.4 is 9.46 Å². The summed E-state index contributed by atoms with van der Waals surface area (Å²) in [5.74, 6) is -0.451. The Hall–Kier alpha value is -3.70. The summed E-state index contributed by atoms with van der Waals surface area (Å²) in [6.45, 7) is 7.15. The number of Topliss-reactive ketones (excluding diaryl/α,β-unsaturated/α-hetero) is 1. The number of carbonyl (C=O) groups excluding carboxylic acids is 3. The van der Waals surface area contributed by atoms with Gasteiger partial charge in [-0.2, -0.15) is 0 Å². The molecule has 0 amide bonds. The summed E-state index contributed by atoms with van der Waals surface area (Å²) in [6, 6.07) is 11.7. The molecule has 10 nitrogen and oxygen atoms in total. The van der Waals surface area contributed by atoms with Gasteiger partial charge in [0.05, 0.1) is 24.6 Å². The van der Waals surface area contributed by atoms with E-state index in [-0.39, 0.29) is 42.9 Å². The van der Waals surface area contributed by atoms with Gasteiger partial charge in [0.2, 0.25) is 10.0 Å². The van der Waals surface area contributed by atoms with Crippen molar-refractivity contribution in [2.75, 3.05) is 20.8 Å². The van der Waals surface area contributed by atoms with Crippen molar-refractivity contribution in [3.8, 4) is 5.75 Å². The SMILES string of the molecule is COC(=O)CC(=O)CCc1c(CCNS(=O)(=O)c2ccc(C)cc2)c2cc(OC)ccc2n1C(=O)OC(C)(C)C. The zero-order chi connectivity index (χ0) is 29.7. The summed E-state index contributed by atoms with van der Waals surface area (Å²) >= 11 is 0. The fourth-order valence-electron chi connectivity index (χ4n) is 4.26. The van der Waals surface area contributed by atoms with Crippen LogP contribution in [-0.2, 0) is 41.9 Å². The van der Waals surface area contributed by atoms with Crippen molar-refractivity contribution in [3.63, 3.8) is 0 Å². The number of fused-ring (bicyclic) bond motifs is 1. The van der Waals surface area contributed by atoms with Gasteiger partial charge in [0.25, 0.3) is 0 Å². The molecule has 0 unspecified atom stereocenters. The molecule has 1 N–H and O–H groups in total. The van der Waals surface area contributed by atoms with Crippen LogP contribution >= 0.6 is 0 Å². The standard InChI is InChI=1S/C29H36N2O8S/c1-19-7-11-22(12-8-19)40(35,36)30-16-15-23-24-18-21(37-5)10-14-26(24)31(28(34)39-29(2,3)4)25(23)13-9-20(32)17-27(33)38-6/h7-8,10-12,14,18,30H,9,13,15-17H2,1-6H3. The van der Waals surface area contributed by atoms with Gasteiger partial charge in [-0.15, -0.1) is 0 Å². The minimum absolute atomic E-state index is 0.0317. The molecule has 0 saturated carbocycles. The monoisotopic (exact) mass is 572 g/mol. The number of hydrogen-bond acceptors (Lipinski definition) is 8. The molecule has 216 valence electrons. The maximum Gasteiger partial charge on any atom is 0.419 e. The van der Waals surface area contributed by atoms with E-state index < -0.39 is 27.7 Å². The molecule has 0 bridgehead atoms. The minimum Gasteiger partial charge on any atom is -0.497 e. The predicted octanol–water partition coefficient (Wildman–Crippen LogP) is 4.33. The molecule has 1 aromatic heterocycles. The number of hydrogen-bond donors (Lipinski definition) is 1. The number of esters is 1. The van der Waals surface area contributed by atoms with E-state index in [1.807, 2.05) is 6.92 Å². The first-order valence-corrected chi connectivity index (χ1v) is 14.3. The lowest BCUT2D eigenvalue weighted by Gasteiger charge is -2.21. The lowest BCUT2D eigenvalue weighted by molar-refractivity contribution is -0.143. The maximum absolute atomic E-state index is 13.4. The molecular formula is C29H36N2O8S. The van der Waals surface area contributed by atoms with E-state index in [0.29, 0.717) is 27.9 Å². The molecule has 0 aliphatic heterocycles. The van der Waals surface area contributed by atoms with Gasteiger partial charge in [0.15, 0.2) is 0 Å². The van der Waals surface area contributed by atoms with Crippen LogP contribution in [0.15, 0.2) is 47.4 Å². The quantitative estimate of drug-likeness (QED) is 0.266. The second-order valence-electron chi connectivity index (χ2n) is 10.4. The number of ketones is 1. The summed E-state index contributed by atoms with van der Waals surface area (Å²) in [7, 11) is -1.05. The van der Waals surface area contributed by atoms with Crippen molar-refractivity contribution in [2.45, 2.75) is 63.9 Å². The van der Waals surface area contributed by atoms with Crippen molar-refractivity contribution < 1.29 is 37.0 Å². The van der Waals surface area contributed by atoms with Crippen molar-refractivity contribution in [1.29, 1.82) is 0 Å². The number of sulfonamides is 1. The maximum atomic E-state index is 13.4. The number of nitrogens with one attached hydrogen (secondary N) is 1. The van der Waals surface area contributed by atoms with E-state index in [1.54, 1.807) is 51.1 Å². The second-order valence-corrected chi connectivity index (χ2v) is 12.1. The molecule has 0 saturated heterocycles. The fraction of sp³-hybridized carbons (Fsp3) is 0.414. The van der Waals surface area contributed by atoms with Crippen molar-refractivity contribution in [3.05, 3.63) is 59.3 Å². The first kappa shape index (κ1) is 30.8. The second kappa shape index (κ2) is 12.6. The lowest BCUT2D eigenvalue weighted by atomic mass is 10.0. The van der Waals surface area contributed by atoms with Gasteiger partial charge in [-0.25, -0.2) is 22.5 Å². The minimum atomic E-state index is -3.78. The Morgan fingerprint density at radius 1 is 0.975 bits per heavy atom. The molecule has 0 atom stereocenters. The molecular weight excluding hydrogens is 536 g/mol. The summed E-state index contributed by atoms with van der Waals surface area (Å²) in [5, 5.41) is 0.662. The molecule has 40 heavy (non-hydrogen) atoms. The third kappa shape index (κ3) is 7.70.